The minimum absolute atomic E-state index is 0.000683. The van der Waals surface area contributed by atoms with Crippen molar-refractivity contribution in [1.82, 2.24) is 0 Å². The first-order valence-corrected chi connectivity index (χ1v) is 5.58. The molecule has 7 heteroatoms. The van der Waals surface area contributed by atoms with Gasteiger partial charge in [0.1, 0.15) is 24.1 Å². The molecule has 0 aromatic heterocycles. The highest BCUT2D eigenvalue weighted by molar-refractivity contribution is 5.80. The monoisotopic (exact) mass is 276 g/mol. The number of nitrogens with two attached hydrogens (primary N) is 1. The van der Waals surface area contributed by atoms with Crippen LogP contribution in [0.3, 0.4) is 0 Å². The van der Waals surface area contributed by atoms with Crippen molar-refractivity contribution < 1.29 is 23.0 Å². The van der Waals surface area contributed by atoms with Crippen LogP contribution in [0.5, 0.6) is 5.75 Å². The lowest BCUT2D eigenvalue weighted by Crippen LogP contribution is -2.39. The lowest BCUT2D eigenvalue weighted by molar-refractivity contribution is -0.162. The van der Waals surface area contributed by atoms with E-state index >= 15 is 0 Å². The van der Waals surface area contributed by atoms with Crippen molar-refractivity contribution in [3.63, 3.8) is 0 Å². The first kappa shape index (κ1) is 15.3. The van der Waals surface area contributed by atoms with E-state index in [0.29, 0.717) is 6.42 Å². The summed E-state index contributed by atoms with van der Waals surface area (Å²) >= 11 is 0. The highest BCUT2D eigenvalue weighted by Crippen LogP contribution is 2.27. The second-order valence-electron chi connectivity index (χ2n) is 3.98. The van der Waals surface area contributed by atoms with Gasteiger partial charge < -0.3 is 15.6 Å². The Morgan fingerprint density at radius 2 is 1.89 bits per heavy atom. The van der Waals surface area contributed by atoms with Gasteiger partial charge in [0.05, 0.1) is 0 Å². The number of aliphatic hydroxyl groups is 1. The maximum atomic E-state index is 12.5. The number of rotatable bonds is 6. The summed E-state index contributed by atoms with van der Waals surface area (Å²) in [4.78, 5) is 0. The number of benzene rings is 1. The van der Waals surface area contributed by atoms with E-state index in [4.69, 9.17) is 21.0 Å². The number of hydrogen-bond donors (Lipinski definition) is 3. The summed E-state index contributed by atoms with van der Waals surface area (Å²) in [5, 5.41) is 15.6. The summed E-state index contributed by atoms with van der Waals surface area (Å²) in [6.07, 6.45) is -4.12. The Morgan fingerprint density at radius 1 is 1.32 bits per heavy atom. The average molecular weight is 276 g/mol. The second kappa shape index (κ2) is 6.42. The standard InChI is InChI=1S/C12H15F3N2O2/c13-12(14,15)10(11(16)17)7-19-9-3-1-8(2-4-9)5-6-18/h1-4,10,18H,5-7H2,(H3,16,17). The van der Waals surface area contributed by atoms with Crippen LogP contribution in [0.15, 0.2) is 24.3 Å². The van der Waals surface area contributed by atoms with Crippen LogP contribution in [0.25, 0.3) is 0 Å². The van der Waals surface area contributed by atoms with Crippen LogP contribution < -0.4 is 10.5 Å². The molecule has 0 amide bonds. The molecule has 0 radical (unpaired) electrons. The molecular formula is C12H15F3N2O2. The number of ether oxygens (including phenoxy) is 1. The molecular weight excluding hydrogens is 261 g/mol. The van der Waals surface area contributed by atoms with Gasteiger partial charge in [-0.25, -0.2) is 0 Å². The average Bonchev–Trinajstić information content (AvgIpc) is 2.29. The molecule has 0 heterocycles. The highest BCUT2D eigenvalue weighted by Gasteiger charge is 2.42. The van der Waals surface area contributed by atoms with Crippen molar-refractivity contribution in [2.75, 3.05) is 13.2 Å². The molecule has 0 saturated carbocycles. The summed E-state index contributed by atoms with van der Waals surface area (Å²) in [7, 11) is 0. The van der Waals surface area contributed by atoms with E-state index in [0.717, 1.165) is 5.56 Å². The van der Waals surface area contributed by atoms with Crippen LogP contribution in [-0.2, 0) is 6.42 Å². The Balaban J connectivity index is 2.62. The first-order valence-electron chi connectivity index (χ1n) is 5.58. The Kier molecular flexibility index (Phi) is 5.17. The third-order valence-electron chi connectivity index (χ3n) is 2.51. The van der Waals surface area contributed by atoms with E-state index in [1.807, 2.05) is 0 Å². The maximum absolute atomic E-state index is 12.5. The van der Waals surface area contributed by atoms with Gasteiger partial charge in [-0.3, -0.25) is 5.41 Å². The third-order valence-corrected chi connectivity index (χ3v) is 2.51. The number of amidine groups is 1. The number of aliphatic hydroxyl groups excluding tert-OH is 1. The number of hydrogen-bond acceptors (Lipinski definition) is 3. The van der Waals surface area contributed by atoms with Crippen molar-refractivity contribution in [3.8, 4) is 5.75 Å². The molecule has 0 aliphatic carbocycles. The van der Waals surface area contributed by atoms with Crippen LogP contribution in [0.2, 0.25) is 0 Å². The Morgan fingerprint density at radius 3 is 2.32 bits per heavy atom. The van der Waals surface area contributed by atoms with Gasteiger partial charge in [-0.2, -0.15) is 13.2 Å². The molecule has 0 fully saturated rings. The predicted molar refractivity (Wildman–Crippen MR) is 64.2 cm³/mol. The predicted octanol–water partition coefficient (Wildman–Crippen LogP) is 1.71. The zero-order valence-electron chi connectivity index (χ0n) is 10.1. The molecule has 1 aromatic carbocycles. The van der Waals surface area contributed by atoms with Gasteiger partial charge in [-0.1, -0.05) is 12.1 Å². The summed E-state index contributed by atoms with van der Waals surface area (Å²) in [6, 6.07) is 6.33. The smallest absolute Gasteiger partial charge is 0.401 e. The van der Waals surface area contributed by atoms with Gasteiger partial charge in [0.15, 0.2) is 0 Å². The van der Waals surface area contributed by atoms with Crippen LogP contribution >= 0.6 is 0 Å². The van der Waals surface area contributed by atoms with Crippen LogP contribution in [0, 0.1) is 11.3 Å². The van der Waals surface area contributed by atoms with Crippen LogP contribution in [0.1, 0.15) is 5.56 Å². The normalized spacial score (nSPS) is 13.1. The molecule has 0 aliphatic heterocycles. The third kappa shape index (κ3) is 4.78. The minimum Gasteiger partial charge on any atom is -0.492 e. The first-order chi connectivity index (χ1) is 8.84. The Bertz CT molecular complexity index is 418. The topological polar surface area (TPSA) is 79.3 Å². The molecule has 0 bridgehead atoms. The van der Waals surface area contributed by atoms with Gasteiger partial charge in [0.2, 0.25) is 0 Å². The SMILES string of the molecule is N=C(N)C(COc1ccc(CCO)cc1)C(F)(F)F. The molecule has 106 valence electrons. The van der Waals surface area contributed by atoms with E-state index in [9.17, 15) is 13.2 Å². The highest BCUT2D eigenvalue weighted by atomic mass is 19.4. The van der Waals surface area contributed by atoms with Gasteiger partial charge in [0, 0.05) is 6.61 Å². The molecule has 0 spiro atoms. The molecule has 4 N–H and O–H groups in total. The quantitative estimate of drug-likeness (QED) is 0.546. The van der Waals surface area contributed by atoms with Crippen LogP contribution in [0.4, 0.5) is 13.2 Å². The molecule has 0 saturated heterocycles. The van der Waals surface area contributed by atoms with E-state index in [1.165, 1.54) is 12.1 Å². The molecule has 1 aromatic rings. The van der Waals surface area contributed by atoms with Gasteiger partial charge >= 0.3 is 6.18 Å². The summed E-state index contributed by atoms with van der Waals surface area (Å²) in [6.45, 7) is -0.723. The van der Waals surface area contributed by atoms with Crippen molar-refractivity contribution in [1.29, 1.82) is 5.41 Å². The lowest BCUT2D eigenvalue weighted by atomic mass is 10.1. The molecule has 0 aliphatic rings. The zero-order valence-corrected chi connectivity index (χ0v) is 10.1. The van der Waals surface area contributed by atoms with Crippen molar-refractivity contribution >= 4 is 5.84 Å². The van der Waals surface area contributed by atoms with Crippen LogP contribution in [-0.4, -0.2) is 30.3 Å². The molecule has 19 heavy (non-hydrogen) atoms. The fraction of sp³-hybridized carbons (Fsp3) is 0.417. The van der Waals surface area contributed by atoms with Crippen molar-refractivity contribution in [3.05, 3.63) is 29.8 Å². The number of alkyl halides is 3. The molecule has 1 rings (SSSR count). The summed E-state index contributed by atoms with van der Waals surface area (Å²) < 4.78 is 42.5. The fourth-order valence-electron chi connectivity index (χ4n) is 1.42. The van der Waals surface area contributed by atoms with Crippen molar-refractivity contribution in [2.24, 2.45) is 11.7 Å². The van der Waals surface area contributed by atoms with Crippen molar-refractivity contribution in [2.45, 2.75) is 12.6 Å². The Labute approximate surface area is 108 Å². The number of halogens is 3. The summed E-state index contributed by atoms with van der Waals surface area (Å²) in [5.41, 5.74) is 5.76. The summed E-state index contributed by atoms with van der Waals surface area (Å²) in [5.74, 6) is -2.81. The Hall–Kier alpha value is -1.76. The van der Waals surface area contributed by atoms with E-state index in [-0.39, 0.29) is 12.4 Å². The van der Waals surface area contributed by atoms with E-state index < -0.39 is 24.5 Å². The molecule has 1 unspecified atom stereocenters. The maximum Gasteiger partial charge on any atom is 0.401 e. The van der Waals surface area contributed by atoms with Gasteiger partial charge in [-0.05, 0) is 24.1 Å². The number of nitrogens with one attached hydrogen (secondary N) is 1. The second-order valence-corrected chi connectivity index (χ2v) is 3.98. The van der Waals surface area contributed by atoms with E-state index in [2.05, 4.69) is 0 Å². The van der Waals surface area contributed by atoms with E-state index in [1.54, 1.807) is 12.1 Å². The largest absolute Gasteiger partial charge is 0.492 e. The zero-order chi connectivity index (χ0) is 14.5. The van der Waals surface area contributed by atoms with Gasteiger partial charge in [-0.15, -0.1) is 0 Å². The molecule has 4 nitrogen and oxygen atoms in total. The molecule has 1 atom stereocenters. The lowest BCUT2D eigenvalue weighted by Gasteiger charge is -2.19. The minimum atomic E-state index is -4.59. The van der Waals surface area contributed by atoms with Gasteiger partial charge in [0.25, 0.3) is 0 Å². The fourth-order valence-corrected chi connectivity index (χ4v) is 1.42.